The highest BCUT2D eigenvalue weighted by atomic mass is 16.6. The molecule has 0 spiro atoms. The molecule has 1 saturated heterocycles. The van der Waals surface area contributed by atoms with Crippen LogP contribution in [0.3, 0.4) is 0 Å². The lowest BCUT2D eigenvalue weighted by Gasteiger charge is -2.13. The maximum absolute atomic E-state index is 11.5. The third-order valence-corrected chi connectivity index (χ3v) is 3.29. The smallest absolute Gasteiger partial charge is 0.246 e. The standard InChI is InChI=1S/C16H21NO3/c1-10(2)16(18)17-7-13-5-12(4)15(6-11(13)3)20-9-14-8-19-14/h5-6,14H,1,7-9H2,2-4H3,(H,17,18). The lowest BCUT2D eigenvalue weighted by molar-refractivity contribution is -0.117. The van der Waals surface area contributed by atoms with Crippen molar-refractivity contribution >= 4 is 5.91 Å². The first-order valence-corrected chi connectivity index (χ1v) is 6.75. The Labute approximate surface area is 119 Å². The number of hydrogen-bond acceptors (Lipinski definition) is 3. The summed E-state index contributed by atoms with van der Waals surface area (Å²) in [5, 5.41) is 2.85. The molecule has 1 N–H and O–H groups in total. The Hall–Kier alpha value is -1.81. The number of carbonyl (C=O) groups is 1. The number of aryl methyl sites for hydroxylation is 2. The zero-order valence-corrected chi connectivity index (χ0v) is 12.3. The van der Waals surface area contributed by atoms with Crippen LogP contribution in [-0.2, 0) is 16.1 Å². The average molecular weight is 275 g/mol. The molecule has 1 unspecified atom stereocenters. The van der Waals surface area contributed by atoms with Crippen LogP contribution in [0.1, 0.15) is 23.6 Å². The minimum absolute atomic E-state index is 0.117. The van der Waals surface area contributed by atoms with Gasteiger partial charge >= 0.3 is 0 Å². The molecule has 0 aliphatic carbocycles. The molecule has 20 heavy (non-hydrogen) atoms. The van der Waals surface area contributed by atoms with Gasteiger partial charge in [-0.2, -0.15) is 0 Å². The van der Waals surface area contributed by atoms with Gasteiger partial charge in [0, 0.05) is 12.1 Å². The van der Waals surface area contributed by atoms with Crippen molar-refractivity contribution in [2.45, 2.75) is 33.4 Å². The molecule has 1 amide bonds. The zero-order valence-electron chi connectivity index (χ0n) is 12.3. The van der Waals surface area contributed by atoms with Crippen LogP contribution < -0.4 is 10.1 Å². The van der Waals surface area contributed by atoms with Crippen LogP contribution in [0.4, 0.5) is 0 Å². The van der Waals surface area contributed by atoms with Crippen molar-refractivity contribution in [3.05, 3.63) is 41.0 Å². The third kappa shape index (κ3) is 3.84. The Bertz CT molecular complexity index is 533. The molecule has 1 aliphatic heterocycles. The number of hydrogen-bond donors (Lipinski definition) is 1. The fraction of sp³-hybridized carbons (Fsp3) is 0.438. The Kier molecular flexibility index (Phi) is 4.45. The van der Waals surface area contributed by atoms with E-state index in [-0.39, 0.29) is 12.0 Å². The molecule has 4 nitrogen and oxygen atoms in total. The van der Waals surface area contributed by atoms with E-state index in [2.05, 4.69) is 18.0 Å². The monoisotopic (exact) mass is 275 g/mol. The first-order valence-electron chi connectivity index (χ1n) is 6.75. The van der Waals surface area contributed by atoms with Crippen LogP contribution in [0.15, 0.2) is 24.3 Å². The molecule has 0 bridgehead atoms. The summed E-state index contributed by atoms with van der Waals surface area (Å²) in [6.07, 6.45) is 0.254. The maximum Gasteiger partial charge on any atom is 0.246 e. The Morgan fingerprint density at radius 1 is 1.45 bits per heavy atom. The predicted molar refractivity (Wildman–Crippen MR) is 77.8 cm³/mol. The topological polar surface area (TPSA) is 50.9 Å². The lowest BCUT2D eigenvalue weighted by Crippen LogP contribution is -2.23. The van der Waals surface area contributed by atoms with Crippen LogP contribution in [-0.4, -0.2) is 25.2 Å². The molecular weight excluding hydrogens is 254 g/mol. The molecule has 1 aromatic rings. The second-order valence-electron chi connectivity index (χ2n) is 5.27. The van der Waals surface area contributed by atoms with E-state index < -0.39 is 0 Å². The summed E-state index contributed by atoms with van der Waals surface area (Å²) in [4.78, 5) is 11.5. The van der Waals surface area contributed by atoms with E-state index in [4.69, 9.17) is 9.47 Å². The average Bonchev–Trinajstić information content (AvgIpc) is 3.21. The van der Waals surface area contributed by atoms with Gasteiger partial charge in [0.05, 0.1) is 6.61 Å². The fourth-order valence-corrected chi connectivity index (χ4v) is 1.87. The number of nitrogens with one attached hydrogen (secondary N) is 1. The molecular formula is C16H21NO3. The summed E-state index contributed by atoms with van der Waals surface area (Å²) in [5.74, 6) is 0.765. The van der Waals surface area contributed by atoms with Gasteiger partial charge in [-0.25, -0.2) is 0 Å². The Morgan fingerprint density at radius 3 is 2.75 bits per heavy atom. The summed E-state index contributed by atoms with van der Waals surface area (Å²) >= 11 is 0. The van der Waals surface area contributed by atoms with E-state index in [0.29, 0.717) is 18.7 Å². The highest BCUT2D eigenvalue weighted by Gasteiger charge is 2.23. The molecule has 1 aromatic carbocycles. The molecule has 1 heterocycles. The fourth-order valence-electron chi connectivity index (χ4n) is 1.87. The largest absolute Gasteiger partial charge is 0.491 e. The third-order valence-electron chi connectivity index (χ3n) is 3.29. The molecule has 0 saturated carbocycles. The van der Waals surface area contributed by atoms with Gasteiger partial charge in [-0.1, -0.05) is 12.6 Å². The van der Waals surface area contributed by atoms with Gasteiger partial charge in [-0.15, -0.1) is 0 Å². The van der Waals surface area contributed by atoms with Crippen LogP contribution in [0, 0.1) is 13.8 Å². The normalized spacial score (nSPS) is 16.6. The SMILES string of the molecule is C=C(C)C(=O)NCc1cc(C)c(OCC2CO2)cc1C. The van der Waals surface area contributed by atoms with E-state index in [9.17, 15) is 4.79 Å². The first kappa shape index (κ1) is 14.6. The van der Waals surface area contributed by atoms with Crippen LogP contribution in [0.25, 0.3) is 0 Å². The number of ether oxygens (including phenoxy) is 2. The summed E-state index contributed by atoms with van der Waals surface area (Å²) in [5.41, 5.74) is 3.77. The van der Waals surface area contributed by atoms with Gasteiger partial charge in [0.25, 0.3) is 0 Å². The van der Waals surface area contributed by atoms with Gasteiger partial charge in [0.1, 0.15) is 18.5 Å². The number of carbonyl (C=O) groups excluding carboxylic acids is 1. The molecule has 1 fully saturated rings. The van der Waals surface area contributed by atoms with E-state index >= 15 is 0 Å². The molecule has 4 heteroatoms. The number of amides is 1. The van der Waals surface area contributed by atoms with Crippen molar-refractivity contribution in [3.8, 4) is 5.75 Å². The summed E-state index contributed by atoms with van der Waals surface area (Å²) < 4.78 is 10.9. The predicted octanol–water partition coefficient (Wildman–Crippen LogP) is 2.27. The second-order valence-corrected chi connectivity index (χ2v) is 5.27. The number of benzene rings is 1. The van der Waals surface area contributed by atoms with Crippen molar-refractivity contribution in [2.75, 3.05) is 13.2 Å². The molecule has 0 radical (unpaired) electrons. The van der Waals surface area contributed by atoms with Gasteiger partial charge in [-0.3, -0.25) is 4.79 Å². The molecule has 2 rings (SSSR count). The van der Waals surface area contributed by atoms with Gasteiger partial charge in [0.15, 0.2) is 0 Å². The minimum atomic E-state index is -0.117. The van der Waals surface area contributed by atoms with Gasteiger partial charge in [-0.05, 0) is 43.5 Å². The molecule has 108 valence electrons. The zero-order chi connectivity index (χ0) is 14.7. The highest BCUT2D eigenvalue weighted by molar-refractivity contribution is 5.92. The molecule has 1 atom stereocenters. The number of epoxide rings is 1. The summed E-state index contributed by atoms with van der Waals surface area (Å²) in [6, 6.07) is 4.07. The van der Waals surface area contributed by atoms with Crippen LogP contribution in [0.2, 0.25) is 0 Å². The highest BCUT2D eigenvalue weighted by Crippen LogP contribution is 2.24. The lowest BCUT2D eigenvalue weighted by atomic mass is 10.0. The molecule has 1 aliphatic rings. The minimum Gasteiger partial charge on any atom is -0.491 e. The second kappa shape index (κ2) is 6.09. The Balaban J connectivity index is 2.00. The van der Waals surface area contributed by atoms with E-state index in [1.807, 2.05) is 19.9 Å². The summed E-state index contributed by atoms with van der Waals surface area (Å²) in [6.45, 7) is 11.2. The molecule has 0 aromatic heterocycles. The quantitative estimate of drug-likeness (QED) is 0.640. The number of rotatable bonds is 6. The van der Waals surface area contributed by atoms with Crippen molar-refractivity contribution in [1.82, 2.24) is 5.32 Å². The van der Waals surface area contributed by atoms with E-state index in [1.165, 1.54) is 0 Å². The van der Waals surface area contributed by atoms with Gasteiger partial charge < -0.3 is 14.8 Å². The van der Waals surface area contributed by atoms with Crippen molar-refractivity contribution in [3.63, 3.8) is 0 Å². The van der Waals surface area contributed by atoms with Gasteiger partial charge in [0.2, 0.25) is 5.91 Å². The van der Waals surface area contributed by atoms with Crippen LogP contribution in [0.5, 0.6) is 5.75 Å². The Morgan fingerprint density at radius 2 is 2.15 bits per heavy atom. The van der Waals surface area contributed by atoms with Crippen molar-refractivity contribution in [2.24, 2.45) is 0 Å². The van der Waals surface area contributed by atoms with E-state index in [1.54, 1.807) is 6.92 Å². The van der Waals surface area contributed by atoms with Crippen LogP contribution >= 0.6 is 0 Å². The van der Waals surface area contributed by atoms with E-state index in [0.717, 1.165) is 29.0 Å². The van der Waals surface area contributed by atoms with Crippen molar-refractivity contribution in [1.29, 1.82) is 0 Å². The summed E-state index contributed by atoms with van der Waals surface area (Å²) in [7, 11) is 0. The maximum atomic E-state index is 11.5. The van der Waals surface area contributed by atoms with Crippen molar-refractivity contribution < 1.29 is 14.3 Å². The first-order chi connectivity index (χ1) is 9.47.